The predicted molar refractivity (Wildman–Crippen MR) is 70.1 cm³/mol. The molecule has 0 atom stereocenters. The van der Waals surface area contributed by atoms with E-state index < -0.39 is 6.61 Å². The van der Waals surface area contributed by atoms with Crippen molar-refractivity contribution in [1.82, 2.24) is 4.98 Å². The molecule has 0 amide bonds. The van der Waals surface area contributed by atoms with Crippen LogP contribution in [0.1, 0.15) is 28.5 Å². The van der Waals surface area contributed by atoms with Crippen molar-refractivity contribution in [1.29, 1.82) is 0 Å². The Morgan fingerprint density at radius 2 is 2.00 bits per heavy atom. The molecule has 3 nitrogen and oxygen atoms in total. The van der Waals surface area contributed by atoms with Crippen molar-refractivity contribution in [3.05, 3.63) is 59.4 Å². The van der Waals surface area contributed by atoms with Gasteiger partial charge in [-0.05, 0) is 11.6 Å². The number of alkyl halides is 2. The predicted octanol–water partition coefficient (Wildman–Crippen LogP) is 3.48. The number of hydrogen-bond donors (Lipinski definition) is 0. The molecule has 2 rings (SSSR count). The van der Waals surface area contributed by atoms with Crippen molar-refractivity contribution in [2.45, 2.75) is 20.0 Å². The first-order valence-electron chi connectivity index (χ1n) is 6.05. The fourth-order valence-electron chi connectivity index (χ4n) is 1.83. The molecule has 0 spiro atoms. The minimum atomic E-state index is -2.92. The molecule has 0 fully saturated rings. The number of ketones is 1. The number of carbonyl (C=O) groups is 1. The third-order valence-corrected chi connectivity index (χ3v) is 2.76. The van der Waals surface area contributed by atoms with Gasteiger partial charge in [0.1, 0.15) is 11.4 Å². The van der Waals surface area contributed by atoms with Gasteiger partial charge in [-0.1, -0.05) is 30.3 Å². The van der Waals surface area contributed by atoms with Gasteiger partial charge in [0.25, 0.3) is 0 Å². The second kappa shape index (κ2) is 6.23. The van der Waals surface area contributed by atoms with Crippen LogP contribution in [0.15, 0.2) is 42.6 Å². The minimum Gasteiger partial charge on any atom is -0.433 e. The second-order valence-corrected chi connectivity index (χ2v) is 4.27. The molecule has 0 saturated heterocycles. The van der Waals surface area contributed by atoms with Crippen LogP contribution in [0.2, 0.25) is 0 Å². The van der Waals surface area contributed by atoms with Gasteiger partial charge in [-0.15, -0.1) is 0 Å². The fraction of sp³-hybridized carbons (Fsp3) is 0.200. The van der Waals surface area contributed by atoms with Crippen LogP contribution in [-0.4, -0.2) is 17.4 Å². The highest BCUT2D eigenvalue weighted by molar-refractivity contribution is 5.92. The monoisotopic (exact) mass is 277 g/mol. The average molecular weight is 277 g/mol. The Balaban J connectivity index is 2.35. The van der Waals surface area contributed by atoms with Crippen molar-refractivity contribution < 1.29 is 18.3 Å². The smallest absolute Gasteiger partial charge is 0.387 e. The van der Waals surface area contributed by atoms with Crippen molar-refractivity contribution >= 4 is 5.78 Å². The lowest BCUT2D eigenvalue weighted by Gasteiger charge is -2.11. The number of ether oxygens (including phenoxy) is 1. The van der Waals surface area contributed by atoms with Gasteiger partial charge in [0.15, 0.2) is 5.78 Å². The van der Waals surface area contributed by atoms with Crippen LogP contribution >= 0.6 is 0 Å². The summed E-state index contributed by atoms with van der Waals surface area (Å²) >= 11 is 0. The van der Waals surface area contributed by atoms with Gasteiger partial charge in [-0.3, -0.25) is 4.79 Å². The van der Waals surface area contributed by atoms with Gasteiger partial charge in [-0.25, -0.2) is 4.98 Å². The Labute approximate surface area is 115 Å². The Kier molecular flexibility index (Phi) is 4.40. The SMILES string of the molecule is CC(=O)c1cc(Cc2ccccc2)c(OC(F)F)cn1. The van der Waals surface area contributed by atoms with E-state index in [1.165, 1.54) is 19.2 Å². The summed E-state index contributed by atoms with van der Waals surface area (Å²) in [7, 11) is 0. The van der Waals surface area contributed by atoms with E-state index in [1.807, 2.05) is 30.3 Å². The molecule has 0 bridgehead atoms. The molecule has 0 saturated carbocycles. The molecule has 5 heteroatoms. The van der Waals surface area contributed by atoms with Gasteiger partial charge in [0.05, 0.1) is 6.20 Å². The van der Waals surface area contributed by atoms with Crippen LogP contribution in [0.3, 0.4) is 0 Å². The first-order valence-corrected chi connectivity index (χ1v) is 6.05. The maximum atomic E-state index is 12.4. The molecule has 20 heavy (non-hydrogen) atoms. The molecular formula is C15H13F2NO2. The first-order chi connectivity index (χ1) is 9.56. The number of Topliss-reactive ketones (excluding diaryl/α,β-unsaturated/α-hetero) is 1. The molecule has 0 radical (unpaired) electrons. The van der Waals surface area contributed by atoms with Crippen LogP contribution < -0.4 is 4.74 Å². The van der Waals surface area contributed by atoms with Gasteiger partial charge < -0.3 is 4.74 Å². The molecule has 1 aromatic heterocycles. The van der Waals surface area contributed by atoms with Gasteiger partial charge >= 0.3 is 6.61 Å². The summed E-state index contributed by atoms with van der Waals surface area (Å²) in [4.78, 5) is 15.2. The normalized spacial score (nSPS) is 10.6. The molecular weight excluding hydrogens is 264 g/mol. The summed E-state index contributed by atoms with van der Waals surface area (Å²) in [6, 6.07) is 10.8. The zero-order valence-corrected chi connectivity index (χ0v) is 10.8. The van der Waals surface area contributed by atoms with E-state index in [4.69, 9.17) is 0 Å². The summed E-state index contributed by atoms with van der Waals surface area (Å²) in [5.41, 5.74) is 1.68. The number of nitrogens with zero attached hydrogens (tertiary/aromatic N) is 1. The van der Waals surface area contributed by atoms with Crippen molar-refractivity contribution in [2.24, 2.45) is 0 Å². The third kappa shape index (κ3) is 3.60. The number of benzene rings is 1. The molecule has 0 aliphatic carbocycles. The van der Waals surface area contributed by atoms with Crippen molar-refractivity contribution in [2.75, 3.05) is 0 Å². The number of hydrogen-bond acceptors (Lipinski definition) is 3. The van der Waals surface area contributed by atoms with E-state index in [9.17, 15) is 13.6 Å². The summed E-state index contributed by atoms with van der Waals surface area (Å²) < 4.78 is 29.2. The van der Waals surface area contributed by atoms with Gasteiger partial charge in [-0.2, -0.15) is 8.78 Å². The lowest BCUT2D eigenvalue weighted by atomic mass is 10.0. The van der Waals surface area contributed by atoms with Crippen LogP contribution in [0.5, 0.6) is 5.75 Å². The number of aromatic nitrogens is 1. The van der Waals surface area contributed by atoms with E-state index in [0.29, 0.717) is 12.0 Å². The molecule has 2 aromatic rings. The Hall–Kier alpha value is -2.30. The van der Waals surface area contributed by atoms with E-state index >= 15 is 0 Å². The quantitative estimate of drug-likeness (QED) is 0.785. The minimum absolute atomic E-state index is 0.00569. The lowest BCUT2D eigenvalue weighted by Crippen LogP contribution is -2.07. The summed E-state index contributed by atoms with van der Waals surface area (Å²) in [5, 5.41) is 0. The first kappa shape index (κ1) is 14.1. The van der Waals surface area contributed by atoms with Crippen molar-refractivity contribution in [3.63, 3.8) is 0 Å². The summed E-state index contributed by atoms with van der Waals surface area (Å²) in [5.74, 6) is -0.225. The summed E-state index contributed by atoms with van der Waals surface area (Å²) in [6.45, 7) is -1.54. The highest BCUT2D eigenvalue weighted by Crippen LogP contribution is 2.23. The molecule has 1 heterocycles. The maximum Gasteiger partial charge on any atom is 0.387 e. The molecule has 104 valence electrons. The Morgan fingerprint density at radius 1 is 1.30 bits per heavy atom. The standard InChI is InChI=1S/C15H13F2NO2/c1-10(19)13-8-12(7-11-5-3-2-4-6-11)14(9-18-13)20-15(16)17/h2-6,8-9,15H,7H2,1H3. The zero-order valence-electron chi connectivity index (χ0n) is 10.8. The molecule has 0 aliphatic heterocycles. The molecule has 0 unspecified atom stereocenters. The van der Waals surface area contributed by atoms with E-state index in [1.54, 1.807) is 0 Å². The van der Waals surface area contributed by atoms with E-state index in [-0.39, 0.29) is 17.2 Å². The van der Waals surface area contributed by atoms with Crippen LogP contribution in [0.25, 0.3) is 0 Å². The fourth-order valence-corrected chi connectivity index (χ4v) is 1.83. The second-order valence-electron chi connectivity index (χ2n) is 4.27. The highest BCUT2D eigenvalue weighted by Gasteiger charge is 2.13. The van der Waals surface area contributed by atoms with E-state index in [0.717, 1.165) is 5.56 Å². The largest absolute Gasteiger partial charge is 0.433 e. The van der Waals surface area contributed by atoms with Crippen molar-refractivity contribution in [3.8, 4) is 5.75 Å². The number of rotatable bonds is 5. The average Bonchev–Trinajstić information content (AvgIpc) is 2.41. The highest BCUT2D eigenvalue weighted by atomic mass is 19.3. The third-order valence-electron chi connectivity index (χ3n) is 2.76. The number of pyridine rings is 1. The van der Waals surface area contributed by atoms with Crippen LogP contribution in [-0.2, 0) is 6.42 Å². The summed E-state index contributed by atoms with van der Waals surface area (Å²) in [6.07, 6.45) is 1.56. The van der Waals surface area contributed by atoms with E-state index in [2.05, 4.69) is 9.72 Å². The molecule has 0 N–H and O–H groups in total. The van der Waals surface area contributed by atoms with Gasteiger partial charge in [0.2, 0.25) is 0 Å². The maximum absolute atomic E-state index is 12.4. The Bertz CT molecular complexity index is 600. The molecule has 0 aliphatic rings. The van der Waals surface area contributed by atoms with Gasteiger partial charge in [0, 0.05) is 18.9 Å². The molecule has 1 aromatic carbocycles. The number of carbonyl (C=O) groups excluding carboxylic acids is 1. The van der Waals surface area contributed by atoms with Crippen LogP contribution in [0.4, 0.5) is 8.78 Å². The zero-order chi connectivity index (χ0) is 14.5. The lowest BCUT2D eigenvalue weighted by molar-refractivity contribution is -0.0506. The number of halogens is 2. The Morgan fingerprint density at radius 3 is 2.60 bits per heavy atom. The van der Waals surface area contributed by atoms with Crippen LogP contribution in [0, 0.1) is 0 Å². The topological polar surface area (TPSA) is 39.2 Å².